The van der Waals surface area contributed by atoms with E-state index in [1.54, 1.807) is 0 Å². The highest BCUT2D eigenvalue weighted by atomic mass is 16.5. The number of rotatable bonds is 1. The van der Waals surface area contributed by atoms with Crippen LogP contribution < -0.4 is 10.1 Å². The summed E-state index contributed by atoms with van der Waals surface area (Å²) in [5, 5.41) is 14.1. The van der Waals surface area contributed by atoms with Gasteiger partial charge in [-0.05, 0) is 31.4 Å². The number of aliphatic hydroxyl groups is 1. The number of ether oxygens (including phenoxy) is 1. The lowest BCUT2D eigenvalue weighted by Gasteiger charge is -2.39. The molecule has 0 saturated carbocycles. The van der Waals surface area contributed by atoms with Crippen LogP contribution in [0.2, 0.25) is 0 Å². The molecule has 1 fully saturated rings. The summed E-state index contributed by atoms with van der Waals surface area (Å²) >= 11 is 0. The first-order chi connectivity index (χ1) is 8.75. The second-order valence-electron chi connectivity index (χ2n) is 5.65. The lowest BCUT2D eigenvalue weighted by Crippen LogP contribution is -2.47. The van der Waals surface area contributed by atoms with Gasteiger partial charge in [-0.15, -0.1) is 0 Å². The fraction of sp³-hybridized carbons (Fsp3) is 0.600. The van der Waals surface area contributed by atoms with Crippen LogP contribution in [0.5, 0.6) is 5.75 Å². The zero-order chi connectivity index (χ0) is 12.5. The van der Waals surface area contributed by atoms with Crippen molar-refractivity contribution in [2.75, 3.05) is 13.2 Å². The second kappa shape index (κ2) is 4.90. The van der Waals surface area contributed by atoms with Crippen molar-refractivity contribution in [3.05, 3.63) is 29.8 Å². The summed E-state index contributed by atoms with van der Waals surface area (Å²) in [5.74, 6) is 1.74. The van der Waals surface area contributed by atoms with Crippen molar-refractivity contribution in [2.45, 2.75) is 31.9 Å². The summed E-state index contributed by atoms with van der Waals surface area (Å²) in [6.45, 7) is 3.96. The number of para-hydroxylation sites is 1. The number of hydrogen-bond acceptors (Lipinski definition) is 3. The molecule has 2 heterocycles. The lowest BCUT2D eigenvalue weighted by atomic mass is 9.81. The third-order valence-corrected chi connectivity index (χ3v) is 4.29. The molecule has 1 aromatic carbocycles. The molecule has 1 saturated heterocycles. The molecule has 3 heteroatoms. The molecule has 0 amide bonds. The highest BCUT2D eigenvalue weighted by Gasteiger charge is 2.36. The predicted octanol–water partition coefficient (Wildman–Crippen LogP) is 2.12. The van der Waals surface area contributed by atoms with E-state index in [0.717, 1.165) is 30.2 Å². The van der Waals surface area contributed by atoms with Gasteiger partial charge in [0, 0.05) is 17.5 Å². The fourth-order valence-electron chi connectivity index (χ4n) is 3.18. The first-order valence-corrected chi connectivity index (χ1v) is 6.89. The third-order valence-electron chi connectivity index (χ3n) is 4.29. The molecular weight excluding hydrogens is 226 g/mol. The van der Waals surface area contributed by atoms with Gasteiger partial charge in [0.25, 0.3) is 0 Å². The van der Waals surface area contributed by atoms with Crippen molar-refractivity contribution in [3.63, 3.8) is 0 Å². The number of nitrogens with one attached hydrogen (secondary N) is 1. The Hall–Kier alpha value is -1.06. The van der Waals surface area contributed by atoms with Gasteiger partial charge in [-0.1, -0.05) is 25.1 Å². The average molecular weight is 247 g/mol. The maximum atomic E-state index is 10.5. The zero-order valence-corrected chi connectivity index (χ0v) is 10.8. The van der Waals surface area contributed by atoms with Crippen LogP contribution in [0.3, 0.4) is 0 Å². The Bertz CT molecular complexity index is 421. The average Bonchev–Trinajstić information content (AvgIpc) is 2.39. The Kier molecular flexibility index (Phi) is 3.27. The minimum atomic E-state index is -0.405. The Morgan fingerprint density at radius 2 is 2.17 bits per heavy atom. The monoisotopic (exact) mass is 247 g/mol. The van der Waals surface area contributed by atoms with Crippen LogP contribution in [0, 0.1) is 11.8 Å². The molecule has 2 aliphatic heterocycles. The van der Waals surface area contributed by atoms with Crippen molar-refractivity contribution in [1.29, 1.82) is 0 Å². The molecule has 1 aromatic rings. The topological polar surface area (TPSA) is 41.5 Å². The molecule has 0 aromatic heterocycles. The van der Waals surface area contributed by atoms with Crippen LogP contribution in [0.15, 0.2) is 24.3 Å². The maximum absolute atomic E-state index is 10.5. The van der Waals surface area contributed by atoms with Gasteiger partial charge in [0.05, 0.1) is 12.7 Å². The molecule has 0 aliphatic carbocycles. The first kappa shape index (κ1) is 12.0. The third kappa shape index (κ3) is 2.13. The lowest BCUT2D eigenvalue weighted by molar-refractivity contribution is 0.0193. The highest BCUT2D eigenvalue weighted by molar-refractivity contribution is 5.37. The van der Waals surface area contributed by atoms with Gasteiger partial charge < -0.3 is 15.2 Å². The van der Waals surface area contributed by atoms with E-state index < -0.39 is 6.10 Å². The summed E-state index contributed by atoms with van der Waals surface area (Å²) in [6.07, 6.45) is 1.96. The Morgan fingerprint density at radius 3 is 3.00 bits per heavy atom. The van der Waals surface area contributed by atoms with Gasteiger partial charge in [0.2, 0.25) is 0 Å². The van der Waals surface area contributed by atoms with E-state index in [4.69, 9.17) is 4.74 Å². The van der Waals surface area contributed by atoms with E-state index in [1.807, 2.05) is 24.3 Å². The molecule has 0 spiro atoms. The number of hydrogen-bond donors (Lipinski definition) is 2. The molecule has 2 N–H and O–H groups in total. The van der Waals surface area contributed by atoms with E-state index in [9.17, 15) is 5.11 Å². The van der Waals surface area contributed by atoms with Crippen molar-refractivity contribution in [2.24, 2.45) is 11.8 Å². The molecule has 98 valence electrons. The molecule has 3 rings (SSSR count). The van der Waals surface area contributed by atoms with Gasteiger partial charge in [0.1, 0.15) is 5.75 Å². The summed E-state index contributed by atoms with van der Waals surface area (Å²) in [7, 11) is 0. The van der Waals surface area contributed by atoms with Crippen LogP contribution in [-0.4, -0.2) is 24.3 Å². The maximum Gasteiger partial charge on any atom is 0.125 e. The molecule has 4 unspecified atom stereocenters. The zero-order valence-electron chi connectivity index (χ0n) is 10.8. The van der Waals surface area contributed by atoms with Gasteiger partial charge >= 0.3 is 0 Å². The van der Waals surface area contributed by atoms with E-state index in [2.05, 4.69) is 12.2 Å². The predicted molar refractivity (Wildman–Crippen MR) is 70.6 cm³/mol. The first-order valence-electron chi connectivity index (χ1n) is 6.89. The molecule has 0 radical (unpaired) electrons. The van der Waals surface area contributed by atoms with E-state index >= 15 is 0 Å². The minimum Gasteiger partial charge on any atom is -0.493 e. The van der Waals surface area contributed by atoms with Gasteiger partial charge in [-0.2, -0.15) is 0 Å². The van der Waals surface area contributed by atoms with Crippen molar-refractivity contribution >= 4 is 0 Å². The summed E-state index contributed by atoms with van der Waals surface area (Å²) in [6, 6.07) is 8.19. The quantitative estimate of drug-likeness (QED) is 0.798. The highest BCUT2D eigenvalue weighted by Crippen LogP contribution is 2.38. The van der Waals surface area contributed by atoms with Gasteiger partial charge in [-0.3, -0.25) is 0 Å². The molecule has 2 aliphatic rings. The van der Waals surface area contributed by atoms with E-state index in [0.29, 0.717) is 12.6 Å². The fourth-order valence-corrected chi connectivity index (χ4v) is 3.18. The normalized spacial score (nSPS) is 35.7. The smallest absolute Gasteiger partial charge is 0.125 e. The Morgan fingerprint density at radius 1 is 1.33 bits per heavy atom. The molecule has 4 atom stereocenters. The van der Waals surface area contributed by atoms with Crippen molar-refractivity contribution in [3.8, 4) is 5.75 Å². The minimum absolute atomic E-state index is 0.169. The molecular formula is C15H21NO2. The van der Waals surface area contributed by atoms with Crippen molar-refractivity contribution in [1.82, 2.24) is 5.32 Å². The Labute approximate surface area is 108 Å². The number of fused-ring (bicyclic) bond motifs is 1. The van der Waals surface area contributed by atoms with Gasteiger partial charge in [0.15, 0.2) is 0 Å². The largest absolute Gasteiger partial charge is 0.493 e. The van der Waals surface area contributed by atoms with Crippen LogP contribution in [-0.2, 0) is 0 Å². The van der Waals surface area contributed by atoms with E-state index in [-0.39, 0.29) is 5.92 Å². The molecule has 0 bridgehead atoms. The number of benzene rings is 1. The van der Waals surface area contributed by atoms with Crippen molar-refractivity contribution < 1.29 is 9.84 Å². The van der Waals surface area contributed by atoms with Crippen LogP contribution in [0.4, 0.5) is 0 Å². The Balaban J connectivity index is 1.79. The summed E-state index contributed by atoms with van der Waals surface area (Å²) < 4.78 is 5.79. The van der Waals surface area contributed by atoms with Gasteiger partial charge in [-0.25, -0.2) is 0 Å². The standard InChI is InChI=1S/C15H21NO2/c1-10-6-7-16-13(8-10)12-9-18-14-5-3-2-4-11(14)15(12)17/h2-5,10,12-13,15-17H,6-9H2,1H3. The van der Waals surface area contributed by atoms with Crippen LogP contribution in [0.25, 0.3) is 0 Å². The SMILES string of the molecule is CC1CCNC(C2COc3ccccc3C2O)C1. The van der Waals surface area contributed by atoms with Crippen LogP contribution in [0.1, 0.15) is 31.4 Å². The number of aliphatic hydroxyl groups excluding tert-OH is 1. The molecule has 18 heavy (non-hydrogen) atoms. The molecule has 3 nitrogen and oxygen atoms in total. The second-order valence-corrected chi connectivity index (χ2v) is 5.65. The number of piperidine rings is 1. The summed E-state index contributed by atoms with van der Waals surface area (Å²) in [5.41, 5.74) is 0.939. The summed E-state index contributed by atoms with van der Waals surface area (Å²) in [4.78, 5) is 0. The van der Waals surface area contributed by atoms with E-state index in [1.165, 1.54) is 6.42 Å². The van der Waals surface area contributed by atoms with Crippen LogP contribution >= 0.6 is 0 Å².